The highest BCUT2D eigenvalue weighted by Crippen LogP contribution is 2.28. The van der Waals surface area contributed by atoms with Crippen molar-refractivity contribution in [3.05, 3.63) is 77.6 Å². The summed E-state index contributed by atoms with van der Waals surface area (Å²) in [6.45, 7) is 0.200. The summed E-state index contributed by atoms with van der Waals surface area (Å²) in [5, 5.41) is 10.8. The van der Waals surface area contributed by atoms with Gasteiger partial charge in [0.2, 0.25) is 5.89 Å². The maximum Gasteiger partial charge on any atom is 0.254 e. The van der Waals surface area contributed by atoms with Gasteiger partial charge in [-0.25, -0.2) is 0 Å². The van der Waals surface area contributed by atoms with Gasteiger partial charge in [0.25, 0.3) is 5.89 Å². The molecule has 0 fully saturated rings. The first-order chi connectivity index (χ1) is 11.8. The van der Waals surface area contributed by atoms with E-state index >= 15 is 0 Å². The topological polar surface area (TPSA) is 48.2 Å². The van der Waals surface area contributed by atoms with Crippen LogP contribution in [0.5, 0.6) is 5.75 Å². The number of halogens is 1. The highest BCUT2D eigenvalue weighted by molar-refractivity contribution is 6.33. The van der Waals surface area contributed by atoms with E-state index in [2.05, 4.69) is 10.2 Å². The van der Waals surface area contributed by atoms with E-state index in [1.807, 2.05) is 60.7 Å². The van der Waals surface area contributed by atoms with E-state index in [-0.39, 0.29) is 6.61 Å². The zero-order valence-electron chi connectivity index (χ0n) is 12.6. The lowest BCUT2D eigenvalue weighted by molar-refractivity contribution is 0.267. The molecule has 0 aliphatic carbocycles. The highest BCUT2D eigenvalue weighted by Gasteiger charge is 2.12. The molecule has 0 saturated heterocycles. The van der Waals surface area contributed by atoms with Crippen molar-refractivity contribution >= 4 is 22.4 Å². The zero-order valence-corrected chi connectivity index (χ0v) is 13.4. The van der Waals surface area contributed by atoms with Crippen LogP contribution in [0.1, 0.15) is 5.89 Å². The fraction of sp³-hybridized carbons (Fsp3) is 0.0526. The van der Waals surface area contributed by atoms with E-state index in [0.29, 0.717) is 22.4 Å². The van der Waals surface area contributed by atoms with Crippen LogP contribution < -0.4 is 4.74 Å². The van der Waals surface area contributed by atoms with Crippen LogP contribution in [0.25, 0.3) is 22.2 Å². The van der Waals surface area contributed by atoms with Gasteiger partial charge in [-0.3, -0.25) is 0 Å². The van der Waals surface area contributed by atoms with E-state index < -0.39 is 0 Å². The Balaban J connectivity index is 1.56. The first-order valence-electron chi connectivity index (χ1n) is 7.49. The summed E-state index contributed by atoms with van der Waals surface area (Å²) in [5.41, 5.74) is 0.711. The number of aromatic nitrogens is 2. The van der Waals surface area contributed by atoms with Gasteiger partial charge in [0.05, 0.1) is 10.6 Å². The molecule has 4 nitrogen and oxygen atoms in total. The SMILES string of the molecule is Clc1ccccc1-c1nnc(COc2cccc3ccccc23)o1. The Kier molecular flexibility index (Phi) is 3.89. The Morgan fingerprint density at radius 2 is 1.67 bits per heavy atom. The molecule has 3 aromatic carbocycles. The van der Waals surface area contributed by atoms with Crippen LogP contribution in [0, 0.1) is 0 Å². The Hall–Kier alpha value is -2.85. The van der Waals surface area contributed by atoms with Crippen LogP contribution in [-0.4, -0.2) is 10.2 Å². The maximum absolute atomic E-state index is 6.15. The summed E-state index contributed by atoms with van der Waals surface area (Å²) >= 11 is 6.15. The molecule has 0 atom stereocenters. The smallest absolute Gasteiger partial charge is 0.254 e. The van der Waals surface area contributed by atoms with Crippen LogP contribution in [0.15, 0.2) is 71.1 Å². The van der Waals surface area contributed by atoms with Crippen molar-refractivity contribution in [2.24, 2.45) is 0 Å². The third-order valence-corrected chi connectivity index (χ3v) is 4.00. The molecule has 0 saturated carbocycles. The van der Waals surface area contributed by atoms with Crippen molar-refractivity contribution in [2.75, 3.05) is 0 Å². The van der Waals surface area contributed by atoms with Crippen molar-refractivity contribution < 1.29 is 9.15 Å². The summed E-state index contributed by atoms with van der Waals surface area (Å²) in [5.74, 6) is 1.57. The molecule has 1 aromatic heterocycles. The Labute approximate surface area is 143 Å². The van der Waals surface area contributed by atoms with Crippen LogP contribution in [0.2, 0.25) is 5.02 Å². The summed E-state index contributed by atoms with van der Waals surface area (Å²) in [6, 6.07) is 21.3. The van der Waals surface area contributed by atoms with Gasteiger partial charge >= 0.3 is 0 Å². The normalized spacial score (nSPS) is 10.9. The number of rotatable bonds is 4. The summed E-state index contributed by atoms with van der Waals surface area (Å²) in [7, 11) is 0. The van der Waals surface area contributed by atoms with Crippen LogP contribution >= 0.6 is 11.6 Å². The summed E-state index contributed by atoms with van der Waals surface area (Å²) in [4.78, 5) is 0. The van der Waals surface area contributed by atoms with Crippen molar-refractivity contribution in [1.29, 1.82) is 0 Å². The fourth-order valence-corrected chi connectivity index (χ4v) is 2.73. The minimum atomic E-state index is 0.200. The molecule has 0 N–H and O–H groups in total. The average Bonchev–Trinajstić information content (AvgIpc) is 3.09. The van der Waals surface area contributed by atoms with Gasteiger partial charge in [0, 0.05) is 5.39 Å². The number of hydrogen-bond donors (Lipinski definition) is 0. The molecular weight excluding hydrogens is 324 g/mol. The van der Waals surface area contributed by atoms with E-state index in [9.17, 15) is 0 Å². The number of hydrogen-bond acceptors (Lipinski definition) is 4. The molecule has 4 rings (SSSR count). The predicted molar refractivity (Wildman–Crippen MR) is 93.0 cm³/mol. The standard InChI is InChI=1S/C19H13ClN2O2/c20-16-10-4-3-9-15(16)19-22-21-18(24-19)12-23-17-11-5-7-13-6-1-2-8-14(13)17/h1-11H,12H2. The molecular formula is C19H13ClN2O2. The van der Waals surface area contributed by atoms with Crippen molar-refractivity contribution in [3.8, 4) is 17.2 Å². The Bertz CT molecular complexity index is 992. The second kappa shape index (κ2) is 6.34. The van der Waals surface area contributed by atoms with Gasteiger partial charge < -0.3 is 9.15 Å². The van der Waals surface area contributed by atoms with Gasteiger partial charge in [-0.05, 0) is 23.6 Å². The van der Waals surface area contributed by atoms with E-state index in [1.54, 1.807) is 6.07 Å². The molecule has 0 spiro atoms. The average molecular weight is 337 g/mol. The van der Waals surface area contributed by atoms with Crippen molar-refractivity contribution in [1.82, 2.24) is 10.2 Å². The Morgan fingerprint density at radius 1 is 0.875 bits per heavy atom. The largest absolute Gasteiger partial charge is 0.483 e. The molecule has 4 aromatic rings. The summed E-state index contributed by atoms with van der Waals surface area (Å²) < 4.78 is 11.5. The molecule has 5 heteroatoms. The van der Waals surface area contributed by atoms with Gasteiger partial charge in [-0.2, -0.15) is 0 Å². The second-order valence-electron chi connectivity index (χ2n) is 5.25. The minimum absolute atomic E-state index is 0.200. The highest BCUT2D eigenvalue weighted by atomic mass is 35.5. The lowest BCUT2D eigenvalue weighted by atomic mass is 10.1. The van der Waals surface area contributed by atoms with Crippen LogP contribution in [-0.2, 0) is 6.61 Å². The first-order valence-corrected chi connectivity index (χ1v) is 7.87. The van der Waals surface area contributed by atoms with Crippen molar-refractivity contribution in [2.45, 2.75) is 6.61 Å². The van der Waals surface area contributed by atoms with Gasteiger partial charge in [0.15, 0.2) is 6.61 Å². The number of benzene rings is 3. The van der Waals surface area contributed by atoms with Crippen LogP contribution in [0.3, 0.4) is 0 Å². The third-order valence-electron chi connectivity index (χ3n) is 3.67. The molecule has 0 amide bonds. The molecule has 24 heavy (non-hydrogen) atoms. The monoisotopic (exact) mass is 336 g/mol. The van der Waals surface area contributed by atoms with Crippen molar-refractivity contribution in [3.63, 3.8) is 0 Å². The van der Waals surface area contributed by atoms with Crippen LogP contribution in [0.4, 0.5) is 0 Å². The maximum atomic E-state index is 6.15. The number of nitrogens with zero attached hydrogens (tertiary/aromatic N) is 2. The molecule has 1 heterocycles. The van der Waals surface area contributed by atoms with Gasteiger partial charge in [0.1, 0.15) is 5.75 Å². The third kappa shape index (κ3) is 2.84. The summed E-state index contributed by atoms with van der Waals surface area (Å²) in [6.07, 6.45) is 0. The Morgan fingerprint density at radius 3 is 2.58 bits per heavy atom. The lowest BCUT2D eigenvalue weighted by Gasteiger charge is -2.07. The van der Waals surface area contributed by atoms with Gasteiger partial charge in [-0.1, -0.05) is 60.1 Å². The predicted octanol–water partition coefficient (Wildman–Crippen LogP) is 5.12. The zero-order chi connectivity index (χ0) is 16.4. The first kappa shape index (κ1) is 14.7. The molecule has 0 bridgehead atoms. The minimum Gasteiger partial charge on any atom is -0.483 e. The van der Waals surface area contributed by atoms with E-state index in [4.69, 9.17) is 20.8 Å². The quantitative estimate of drug-likeness (QED) is 0.519. The molecule has 118 valence electrons. The molecule has 0 aliphatic rings. The lowest BCUT2D eigenvalue weighted by Crippen LogP contribution is -1.96. The fourth-order valence-electron chi connectivity index (χ4n) is 2.52. The number of ether oxygens (including phenoxy) is 1. The molecule has 0 radical (unpaired) electrons. The van der Waals surface area contributed by atoms with E-state index in [0.717, 1.165) is 16.5 Å². The molecule has 0 aliphatic heterocycles. The number of fused-ring (bicyclic) bond motifs is 1. The van der Waals surface area contributed by atoms with E-state index in [1.165, 1.54) is 0 Å². The molecule has 0 unspecified atom stereocenters. The second-order valence-corrected chi connectivity index (χ2v) is 5.65. The van der Waals surface area contributed by atoms with Gasteiger partial charge in [-0.15, -0.1) is 10.2 Å².